The Morgan fingerprint density at radius 3 is 2.61 bits per heavy atom. The van der Waals surface area contributed by atoms with Crippen molar-refractivity contribution in [1.82, 2.24) is 0 Å². The number of halogens is 1. The van der Waals surface area contributed by atoms with Crippen LogP contribution in [0.15, 0.2) is 48.5 Å². The first-order valence-electron chi connectivity index (χ1n) is 6.97. The Bertz CT molecular complexity index is 706. The minimum absolute atomic E-state index is 0.137. The molecule has 0 unspecified atom stereocenters. The van der Waals surface area contributed by atoms with E-state index >= 15 is 0 Å². The summed E-state index contributed by atoms with van der Waals surface area (Å²) in [7, 11) is 0. The average molecular weight is 318 g/mol. The van der Waals surface area contributed by atoms with Gasteiger partial charge in [-0.3, -0.25) is 14.9 Å². The molecular weight excluding hydrogens is 303 g/mol. The lowest BCUT2D eigenvalue weighted by Gasteiger charge is -2.17. The summed E-state index contributed by atoms with van der Waals surface area (Å²) < 4.78 is 18.9. The van der Waals surface area contributed by atoms with Crippen molar-refractivity contribution >= 4 is 17.3 Å². The maximum Gasteiger partial charge on any atom is 0.306 e. The van der Waals surface area contributed by atoms with Gasteiger partial charge in [-0.2, -0.15) is 4.39 Å². The molecular formula is C16H15FN2O4. The van der Waals surface area contributed by atoms with Crippen molar-refractivity contribution in [3.8, 4) is 5.75 Å². The number of benzene rings is 2. The number of nitro groups is 1. The number of carbonyl (C=O) groups is 1. The number of carbonyl (C=O) groups excluding carboxylic acids is 1. The third-order valence-corrected chi connectivity index (χ3v) is 3.10. The van der Waals surface area contributed by atoms with Crippen LogP contribution in [0.2, 0.25) is 0 Å². The molecule has 23 heavy (non-hydrogen) atoms. The summed E-state index contributed by atoms with van der Waals surface area (Å²) in [5.41, 5.74) is -0.557. The summed E-state index contributed by atoms with van der Waals surface area (Å²) in [5, 5.41) is 13.2. The fourth-order valence-electron chi connectivity index (χ4n) is 1.94. The van der Waals surface area contributed by atoms with E-state index in [1.165, 1.54) is 6.07 Å². The van der Waals surface area contributed by atoms with Gasteiger partial charge in [0.2, 0.25) is 5.82 Å². The van der Waals surface area contributed by atoms with E-state index in [0.717, 1.165) is 12.1 Å². The number of nitro benzene ring substituents is 1. The average Bonchev–Trinajstić information content (AvgIpc) is 2.55. The monoisotopic (exact) mass is 318 g/mol. The fraction of sp³-hybridized carbons (Fsp3) is 0.188. The second kappa shape index (κ2) is 7.35. The van der Waals surface area contributed by atoms with Crippen molar-refractivity contribution in [1.29, 1.82) is 0 Å². The van der Waals surface area contributed by atoms with Gasteiger partial charge in [-0.05, 0) is 30.7 Å². The molecule has 6 nitrogen and oxygen atoms in total. The zero-order valence-corrected chi connectivity index (χ0v) is 12.4. The molecule has 1 N–H and O–H groups in total. The van der Waals surface area contributed by atoms with Crippen molar-refractivity contribution in [2.45, 2.75) is 19.4 Å². The van der Waals surface area contributed by atoms with Gasteiger partial charge in [0.05, 0.1) is 4.92 Å². The Balaban J connectivity index is 2.10. The lowest BCUT2D eigenvalue weighted by molar-refractivity contribution is -0.387. The predicted octanol–water partition coefficient (Wildman–Crippen LogP) is 3.53. The Morgan fingerprint density at radius 1 is 1.30 bits per heavy atom. The van der Waals surface area contributed by atoms with Crippen LogP contribution in [0, 0.1) is 15.9 Å². The first-order chi connectivity index (χ1) is 11.0. The van der Waals surface area contributed by atoms with E-state index in [9.17, 15) is 19.3 Å². The number of ether oxygens (including phenoxy) is 1. The molecule has 0 spiro atoms. The molecule has 1 amide bonds. The Hall–Kier alpha value is -2.96. The van der Waals surface area contributed by atoms with Crippen LogP contribution in [0.25, 0.3) is 0 Å². The minimum atomic E-state index is -0.958. The number of para-hydroxylation sites is 1. The summed E-state index contributed by atoms with van der Waals surface area (Å²) in [5.74, 6) is -0.877. The van der Waals surface area contributed by atoms with Crippen LogP contribution in [-0.4, -0.2) is 16.9 Å². The molecule has 0 aliphatic carbocycles. The smallest absolute Gasteiger partial charge is 0.306 e. The van der Waals surface area contributed by atoms with Crippen LogP contribution in [0.4, 0.5) is 15.8 Å². The summed E-state index contributed by atoms with van der Waals surface area (Å²) in [6, 6.07) is 12.0. The van der Waals surface area contributed by atoms with Gasteiger partial charge in [0, 0.05) is 11.8 Å². The summed E-state index contributed by atoms with van der Waals surface area (Å²) in [6.07, 6.45) is -0.356. The Kier molecular flexibility index (Phi) is 5.24. The van der Waals surface area contributed by atoms with Gasteiger partial charge in [-0.1, -0.05) is 25.1 Å². The summed E-state index contributed by atoms with van der Waals surface area (Å²) >= 11 is 0. The van der Waals surface area contributed by atoms with E-state index < -0.39 is 28.4 Å². The molecule has 0 saturated carbocycles. The van der Waals surface area contributed by atoms with Crippen LogP contribution < -0.4 is 10.1 Å². The number of anilines is 1. The number of rotatable bonds is 6. The number of nitrogens with zero attached hydrogens (tertiary/aromatic N) is 1. The largest absolute Gasteiger partial charge is 0.481 e. The minimum Gasteiger partial charge on any atom is -0.481 e. The molecule has 0 heterocycles. The number of hydrogen-bond acceptors (Lipinski definition) is 4. The molecule has 0 aromatic heterocycles. The standard InChI is InChI=1S/C16H15FN2O4/c1-2-15(23-12-6-4-3-5-7-12)16(20)18-11-8-9-13(17)14(10-11)19(21)22/h3-10,15H,2H2,1H3,(H,18,20)/t15-/m1/s1. The van der Waals surface area contributed by atoms with Gasteiger partial charge in [-0.25, -0.2) is 0 Å². The van der Waals surface area contributed by atoms with Crippen LogP contribution in [0.5, 0.6) is 5.75 Å². The van der Waals surface area contributed by atoms with E-state index in [1.54, 1.807) is 31.2 Å². The SMILES string of the molecule is CC[C@@H](Oc1ccccc1)C(=O)Nc1ccc(F)c([N+](=O)[O-])c1. The molecule has 1 atom stereocenters. The molecule has 0 aliphatic rings. The lowest BCUT2D eigenvalue weighted by atomic mass is 10.2. The van der Waals surface area contributed by atoms with Crippen molar-refractivity contribution < 1.29 is 18.8 Å². The van der Waals surface area contributed by atoms with Crippen LogP contribution in [0.3, 0.4) is 0 Å². The zero-order valence-electron chi connectivity index (χ0n) is 12.4. The topological polar surface area (TPSA) is 81.5 Å². The van der Waals surface area contributed by atoms with E-state index in [0.29, 0.717) is 12.2 Å². The fourth-order valence-corrected chi connectivity index (χ4v) is 1.94. The first kappa shape index (κ1) is 16.4. The molecule has 0 bridgehead atoms. The van der Waals surface area contributed by atoms with Gasteiger partial charge < -0.3 is 10.1 Å². The van der Waals surface area contributed by atoms with Gasteiger partial charge in [0.1, 0.15) is 5.75 Å². The summed E-state index contributed by atoms with van der Waals surface area (Å²) in [6.45, 7) is 1.78. The van der Waals surface area contributed by atoms with Gasteiger partial charge in [0.15, 0.2) is 6.10 Å². The van der Waals surface area contributed by atoms with Crippen molar-refractivity contribution in [3.05, 3.63) is 64.5 Å². The quantitative estimate of drug-likeness (QED) is 0.652. The van der Waals surface area contributed by atoms with Crippen molar-refractivity contribution in [2.75, 3.05) is 5.32 Å². The first-order valence-corrected chi connectivity index (χ1v) is 6.97. The van der Waals surface area contributed by atoms with Gasteiger partial charge in [0.25, 0.3) is 5.91 Å². The van der Waals surface area contributed by atoms with Gasteiger partial charge in [-0.15, -0.1) is 0 Å². The molecule has 2 rings (SSSR count). The van der Waals surface area contributed by atoms with E-state index in [-0.39, 0.29) is 5.69 Å². The number of amides is 1. The third-order valence-electron chi connectivity index (χ3n) is 3.10. The van der Waals surface area contributed by atoms with Gasteiger partial charge >= 0.3 is 5.69 Å². The molecule has 0 saturated heterocycles. The summed E-state index contributed by atoms with van der Waals surface area (Å²) in [4.78, 5) is 22.1. The van der Waals surface area contributed by atoms with Crippen LogP contribution >= 0.6 is 0 Å². The van der Waals surface area contributed by atoms with Crippen molar-refractivity contribution in [2.24, 2.45) is 0 Å². The highest BCUT2D eigenvalue weighted by Crippen LogP contribution is 2.22. The normalized spacial score (nSPS) is 11.6. The molecule has 2 aromatic rings. The molecule has 0 radical (unpaired) electrons. The van der Waals surface area contributed by atoms with E-state index in [4.69, 9.17) is 4.74 Å². The predicted molar refractivity (Wildman–Crippen MR) is 82.8 cm³/mol. The maximum absolute atomic E-state index is 13.3. The molecule has 120 valence electrons. The van der Waals surface area contributed by atoms with E-state index in [2.05, 4.69) is 5.32 Å². The third kappa shape index (κ3) is 4.26. The maximum atomic E-state index is 13.3. The van der Waals surface area contributed by atoms with Crippen molar-refractivity contribution in [3.63, 3.8) is 0 Å². The van der Waals surface area contributed by atoms with E-state index in [1.807, 2.05) is 6.07 Å². The lowest BCUT2D eigenvalue weighted by Crippen LogP contribution is -2.32. The second-order valence-electron chi connectivity index (χ2n) is 4.74. The van der Waals surface area contributed by atoms with Crippen LogP contribution in [-0.2, 0) is 4.79 Å². The molecule has 0 aliphatic heterocycles. The second-order valence-corrected chi connectivity index (χ2v) is 4.74. The molecule has 0 fully saturated rings. The van der Waals surface area contributed by atoms with Crippen LogP contribution in [0.1, 0.15) is 13.3 Å². The molecule has 7 heteroatoms. The Morgan fingerprint density at radius 2 is 2.00 bits per heavy atom. The highest BCUT2D eigenvalue weighted by Gasteiger charge is 2.20. The number of hydrogen-bond donors (Lipinski definition) is 1. The Labute approximate surface area is 132 Å². The molecule has 2 aromatic carbocycles. The number of nitrogens with one attached hydrogen (secondary N) is 1. The highest BCUT2D eigenvalue weighted by atomic mass is 19.1. The highest BCUT2D eigenvalue weighted by molar-refractivity contribution is 5.94. The zero-order chi connectivity index (χ0) is 16.8.